The molecule has 3 nitrogen and oxygen atoms in total. The van der Waals surface area contributed by atoms with Gasteiger partial charge in [-0.15, -0.1) is 3.89 Å². The zero-order chi connectivity index (χ0) is 16.1. The molecule has 14 heteroatoms. The summed E-state index contributed by atoms with van der Waals surface area (Å²) in [7, 11) is -7.79. The van der Waals surface area contributed by atoms with Gasteiger partial charge in [-0.1, -0.05) is 0 Å². The highest BCUT2D eigenvalue weighted by Gasteiger charge is 2.87. The van der Waals surface area contributed by atoms with Crippen LogP contribution in [0.5, 0.6) is 0 Å². The molecule has 19 heavy (non-hydrogen) atoms. The Balaban J connectivity index is 6.38. The van der Waals surface area contributed by atoms with Crippen molar-refractivity contribution in [1.29, 1.82) is 0 Å². The average Bonchev–Trinajstić information content (AvgIpc) is 2.11. The minimum Gasteiger partial charge on any atom is -0.256 e. The summed E-state index contributed by atoms with van der Waals surface area (Å²) in [4.78, 5) is 9.69. The fourth-order valence-electron chi connectivity index (χ4n) is 0.752. The van der Waals surface area contributed by atoms with E-state index in [2.05, 4.69) is 0 Å². The van der Waals surface area contributed by atoms with Crippen molar-refractivity contribution in [3.8, 4) is 0 Å². The number of carbonyl (C=O) groups is 1. The molecule has 0 fully saturated rings. The first-order valence-corrected chi connectivity index (χ1v) is 4.98. The van der Waals surface area contributed by atoms with Crippen LogP contribution in [0.15, 0.2) is 0 Å². The second-order valence-corrected chi connectivity index (χ2v) is 4.39. The topological polar surface area (TPSA) is 51.2 Å². The highest BCUT2D eigenvalue weighted by molar-refractivity contribution is 7.88. The number of hydrogen-bond acceptors (Lipinski definition) is 3. The smallest absolute Gasteiger partial charge is 0.256 e. The van der Waals surface area contributed by atoms with Crippen LogP contribution < -0.4 is 0 Å². The fourth-order valence-corrected chi connectivity index (χ4v) is 1.38. The van der Waals surface area contributed by atoms with E-state index in [1.54, 1.807) is 0 Å². The van der Waals surface area contributed by atoms with Crippen LogP contribution in [0.2, 0.25) is 0 Å². The molecule has 0 bridgehead atoms. The monoisotopic (exact) mass is 330 g/mol. The normalized spacial score (nSPS) is 18.0. The van der Waals surface area contributed by atoms with E-state index >= 15 is 0 Å². The Hall–Kier alpha value is -1.08. The van der Waals surface area contributed by atoms with Crippen LogP contribution in [0, 0.1) is 0 Å². The first kappa shape index (κ1) is 17.9. The van der Waals surface area contributed by atoms with Gasteiger partial charge in [0.2, 0.25) is 0 Å². The molecule has 0 aromatic rings. The van der Waals surface area contributed by atoms with Crippen molar-refractivity contribution in [2.75, 3.05) is 0 Å². The molecule has 0 heterocycles. The quantitative estimate of drug-likeness (QED) is 0.587. The van der Waals surface area contributed by atoms with Crippen molar-refractivity contribution in [3.63, 3.8) is 0 Å². The summed E-state index contributed by atoms with van der Waals surface area (Å²) in [5, 5.41) is -7.03. The third-order valence-corrected chi connectivity index (χ3v) is 2.83. The van der Waals surface area contributed by atoms with Gasteiger partial charge in [-0.05, 0) is 0 Å². The van der Waals surface area contributed by atoms with Gasteiger partial charge in [-0.3, -0.25) is 4.79 Å². The molecular formula is C5F10O3S. The van der Waals surface area contributed by atoms with Gasteiger partial charge in [0, 0.05) is 0 Å². The second kappa shape index (κ2) is 4.21. The Kier molecular flexibility index (Phi) is 3.97. The van der Waals surface area contributed by atoms with Crippen LogP contribution in [0.3, 0.4) is 0 Å². The molecule has 0 aromatic heterocycles. The highest BCUT2D eigenvalue weighted by atomic mass is 32.3. The van der Waals surface area contributed by atoms with Crippen molar-refractivity contribution in [1.82, 2.24) is 0 Å². The molecule has 0 unspecified atom stereocenters. The van der Waals surface area contributed by atoms with Gasteiger partial charge in [0.15, 0.2) is 0 Å². The van der Waals surface area contributed by atoms with Crippen LogP contribution >= 0.6 is 0 Å². The highest BCUT2D eigenvalue weighted by Crippen LogP contribution is 2.54. The number of rotatable bonds is 4. The molecule has 0 saturated carbocycles. The zero-order valence-corrected chi connectivity index (χ0v) is 8.73. The summed E-state index contributed by atoms with van der Waals surface area (Å²) in [6, 6.07) is -4.57. The van der Waals surface area contributed by atoms with Crippen LogP contribution in [0.4, 0.5) is 43.4 Å². The maximum Gasteiger partial charge on any atom is 0.460 e. The molecule has 0 radical (unpaired) electrons. The Morgan fingerprint density at radius 1 is 0.789 bits per heavy atom. The summed E-state index contributed by atoms with van der Waals surface area (Å²) >= 11 is 0. The lowest BCUT2D eigenvalue weighted by molar-refractivity contribution is -0.367. The molecule has 0 aromatic carbocycles. The SMILES string of the molecule is O=C(F)[C@](F)(C(F)(F)C(F)(F)C(F)(F)F)S(=O)(=O)F. The zero-order valence-electron chi connectivity index (χ0n) is 7.91. The van der Waals surface area contributed by atoms with Gasteiger partial charge in [0.1, 0.15) is 0 Å². The number of halogens is 10. The van der Waals surface area contributed by atoms with E-state index in [0.29, 0.717) is 0 Å². The molecule has 0 aliphatic heterocycles. The summed E-state index contributed by atoms with van der Waals surface area (Å²) < 4.78 is 141. The first-order valence-electron chi connectivity index (χ1n) is 3.60. The van der Waals surface area contributed by atoms with Crippen LogP contribution in [0.25, 0.3) is 0 Å². The van der Waals surface area contributed by atoms with E-state index in [-0.39, 0.29) is 0 Å². The van der Waals surface area contributed by atoms with Gasteiger partial charge in [-0.25, -0.2) is 4.39 Å². The minimum absolute atomic E-state index is 4.57. The largest absolute Gasteiger partial charge is 0.460 e. The molecular weight excluding hydrogens is 330 g/mol. The van der Waals surface area contributed by atoms with Crippen LogP contribution in [-0.4, -0.2) is 37.5 Å². The predicted molar refractivity (Wildman–Crippen MR) is 35.9 cm³/mol. The Morgan fingerprint density at radius 3 is 1.26 bits per heavy atom. The van der Waals surface area contributed by atoms with Crippen molar-refractivity contribution >= 4 is 16.3 Å². The van der Waals surface area contributed by atoms with Crippen molar-refractivity contribution in [3.05, 3.63) is 0 Å². The Morgan fingerprint density at radius 2 is 1.11 bits per heavy atom. The molecule has 114 valence electrons. The summed E-state index contributed by atoms with van der Waals surface area (Å²) in [5.41, 5.74) is 0. The van der Waals surface area contributed by atoms with Gasteiger partial charge < -0.3 is 0 Å². The van der Waals surface area contributed by atoms with Gasteiger partial charge in [0.25, 0.3) is 0 Å². The van der Waals surface area contributed by atoms with Gasteiger partial charge in [-0.2, -0.15) is 43.5 Å². The van der Waals surface area contributed by atoms with Crippen LogP contribution in [-0.2, 0) is 15.0 Å². The van der Waals surface area contributed by atoms with E-state index in [1.807, 2.05) is 0 Å². The number of hydrogen-bond donors (Lipinski definition) is 0. The molecule has 0 saturated heterocycles. The molecule has 0 spiro atoms. The molecule has 0 rings (SSSR count). The molecule has 1 atom stereocenters. The third kappa shape index (κ3) is 2.25. The molecule has 0 N–H and O–H groups in total. The van der Waals surface area contributed by atoms with E-state index in [1.165, 1.54) is 0 Å². The maximum absolute atomic E-state index is 12.8. The summed E-state index contributed by atoms with van der Waals surface area (Å²) in [6.45, 7) is 0. The maximum atomic E-state index is 12.8. The fraction of sp³-hybridized carbons (Fsp3) is 0.800. The lowest BCUT2D eigenvalue weighted by Crippen LogP contribution is -2.66. The third-order valence-electron chi connectivity index (χ3n) is 1.74. The molecule has 0 aliphatic carbocycles. The van der Waals surface area contributed by atoms with Gasteiger partial charge >= 0.3 is 39.3 Å². The number of alkyl halides is 8. The van der Waals surface area contributed by atoms with Crippen molar-refractivity contribution in [2.45, 2.75) is 23.0 Å². The lowest BCUT2D eigenvalue weighted by atomic mass is 10.1. The number of carbonyl (C=O) groups excluding carboxylic acids is 1. The second-order valence-electron chi connectivity index (χ2n) is 2.95. The Bertz CT molecular complexity index is 478. The van der Waals surface area contributed by atoms with E-state index < -0.39 is 39.3 Å². The first-order chi connectivity index (χ1) is 7.94. The van der Waals surface area contributed by atoms with E-state index in [0.717, 1.165) is 0 Å². The van der Waals surface area contributed by atoms with Crippen molar-refractivity contribution in [2.24, 2.45) is 0 Å². The summed E-state index contributed by atoms with van der Waals surface area (Å²) in [5.74, 6) is -15.1. The van der Waals surface area contributed by atoms with Gasteiger partial charge in [0.05, 0.1) is 0 Å². The minimum atomic E-state index is -7.79. The van der Waals surface area contributed by atoms with E-state index in [4.69, 9.17) is 0 Å². The van der Waals surface area contributed by atoms with Crippen LogP contribution in [0.1, 0.15) is 0 Å². The average molecular weight is 330 g/mol. The lowest BCUT2D eigenvalue weighted by Gasteiger charge is -2.33. The van der Waals surface area contributed by atoms with E-state index in [9.17, 15) is 56.6 Å². The standard InChI is InChI=1S/C5F10O3S/c6-1(16)2(7,19(15,17)18)3(8,9)4(10,11)5(12,13)14/t2-/m1/s1. The predicted octanol–water partition coefficient (Wildman–Crippen LogP) is 2.28. The van der Waals surface area contributed by atoms with Crippen molar-refractivity contribution < 1.29 is 56.6 Å². The molecule has 0 aliphatic rings. The summed E-state index contributed by atoms with van der Waals surface area (Å²) in [6.07, 6.45) is -7.28. The Labute approximate surface area is 96.9 Å². The molecule has 0 amide bonds.